The summed E-state index contributed by atoms with van der Waals surface area (Å²) in [6.45, 7) is 3.33. The standard InChI is InChI=1S/C13H21N5O/c1-17(2)10-7-15-13-14-6-5-11(16-13)12(19)18-8-3-4-9-18/h5-6H,3-4,7-10H2,1-2H3,(H,14,15,16). The normalized spacial score (nSPS) is 15.0. The highest BCUT2D eigenvalue weighted by Crippen LogP contribution is 2.12. The van der Waals surface area contributed by atoms with Crippen molar-refractivity contribution < 1.29 is 4.79 Å². The van der Waals surface area contributed by atoms with Crippen LogP contribution in [0, 0.1) is 0 Å². The molecule has 0 unspecified atom stereocenters. The van der Waals surface area contributed by atoms with Crippen molar-refractivity contribution in [3.05, 3.63) is 18.0 Å². The molecule has 1 saturated heterocycles. The van der Waals surface area contributed by atoms with E-state index in [0.29, 0.717) is 11.6 Å². The highest BCUT2D eigenvalue weighted by atomic mass is 16.2. The minimum atomic E-state index is 0.00978. The zero-order valence-electron chi connectivity index (χ0n) is 11.6. The van der Waals surface area contributed by atoms with Crippen LogP contribution < -0.4 is 5.32 Å². The van der Waals surface area contributed by atoms with Gasteiger partial charge in [0, 0.05) is 32.4 Å². The zero-order valence-corrected chi connectivity index (χ0v) is 11.6. The Hall–Kier alpha value is -1.69. The predicted octanol–water partition coefficient (Wildman–Crippen LogP) is 0.686. The van der Waals surface area contributed by atoms with Gasteiger partial charge in [0.1, 0.15) is 5.69 Å². The molecule has 1 aliphatic rings. The molecule has 1 amide bonds. The van der Waals surface area contributed by atoms with Crippen LogP contribution in [-0.2, 0) is 0 Å². The fourth-order valence-electron chi connectivity index (χ4n) is 2.04. The van der Waals surface area contributed by atoms with E-state index in [-0.39, 0.29) is 5.91 Å². The molecule has 6 nitrogen and oxygen atoms in total. The lowest BCUT2D eigenvalue weighted by Crippen LogP contribution is -2.29. The first-order valence-corrected chi connectivity index (χ1v) is 6.68. The molecule has 6 heteroatoms. The van der Waals surface area contributed by atoms with Crippen molar-refractivity contribution in [1.29, 1.82) is 0 Å². The van der Waals surface area contributed by atoms with Crippen molar-refractivity contribution in [3.8, 4) is 0 Å². The van der Waals surface area contributed by atoms with Crippen molar-refractivity contribution in [3.63, 3.8) is 0 Å². The summed E-state index contributed by atoms with van der Waals surface area (Å²) < 4.78 is 0. The number of amides is 1. The molecule has 2 heterocycles. The van der Waals surface area contributed by atoms with Crippen LogP contribution in [0.5, 0.6) is 0 Å². The number of likely N-dealkylation sites (N-methyl/N-ethyl adjacent to an activating group) is 1. The molecule has 0 spiro atoms. The molecular formula is C13H21N5O. The van der Waals surface area contributed by atoms with Crippen LogP contribution >= 0.6 is 0 Å². The number of likely N-dealkylation sites (tertiary alicyclic amines) is 1. The number of hydrogen-bond donors (Lipinski definition) is 1. The van der Waals surface area contributed by atoms with Gasteiger partial charge in [-0.1, -0.05) is 0 Å². The summed E-state index contributed by atoms with van der Waals surface area (Å²) >= 11 is 0. The van der Waals surface area contributed by atoms with E-state index in [4.69, 9.17) is 0 Å². The highest BCUT2D eigenvalue weighted by Gasteiger charge is 2.20. The van der Waals surface area contributed by atoms with Gasteiger partial charge in [0.15, 0.2) is 0 Å². The molecule has 19 heavy (non-hydrogen) atoms. The van der Waals surface area contributed by atoms with E-state index in [2.05, 4.69) is 20.2 Å². The van der Waals surface area contributed by atoms with E-state index < -0.39 is 0 Å². The second-order valence-electron chi connectivity index (χ2n) is 4.99. The van der Waals surface area contributed by atoms with Gasteiger partial charge in [0.2, 0.25) is 5.95 Å². The Morgan fingerprint density at radius 1 is 1.42 bits per heavy atom. The lowest BCUT2D eigenvalue weighted by Gasteiger charge is -2.15. The first-order chi connectivity index (χ1) is 9.16. The molecule has 1 aromatic rings. The van der Waals surface area contributed by atoms with E-state index in [1.54, 1.807) is 12.3 Å². The number of nitrogens with zero attached hydrogens (tertiary/aromatic N) is 4. The zero-order chi connectivity index (χ0) is 13.7. The van der Waals surface area contributed by atoms with Crippen LogP contribution in [0.1, 0.15) is 23.3 Å². The van der Waals surface area contributed by atoms with Gasteiger partial charge in [-0.15, -0.1) is 0 Å². The Balaban J connectivity index is 1.96. The Bertz CT molecular complexity index is 429. The smallest absolute Gasteiger partial charge is 0.272 e. The first-order valence-electron chi connectivity index (χ1n) is 6.68. The topological polar surface area (TPSA) is 61.4 Å². The van der Waals surface area contributed by atoms with Gasteiger partial charge in [-0.25, -0.2) is 9.97 Å². The molecule has 0 radical (unpaired) electrons. The van der Waals surface area contributed by atoms with Crippen molar-refractivity contribution in [2.24, 2.45) is 0 Å². The van der Waals surface area contributed by atoms with E-state index in [1.165, 1.54) is 0 Å². The van der Waals surface area contributed by atoms with E-state index >= 15 is 0 Å². The Kier molecular flexibility index (Phi) is 4.68. The summed E-state index contributed by atoms with van der Waals surface area (Å²) in [5.41, 5.74) is 0.476. The summed E-state index contributed by atoms with van der Waals surface area (Å²) in [5, 5.41) is 3.13. The molecule has 0 bridgehead atoms. The highest BCUT2D eigenvalue weighted by molar-refractivity contribution is 5.92. The summed E-state index contributed by atoms with van der Waals surface area (Å²) in [6, 6.07) is 1.68. The molecule has 0 aromatic carbocycles. The van der Waals surface area contributed by atoms with Crippen molar-refractivity contribution in [1.82, 2.24) is 19.8 Å². The van der Waals surface area contributed by atoms with E-state index in [0.717, 1.165) is 39.0 Å². The molecule has 0 atom stereocenters. The minimum absolute atomic E-state index is 0.00978. The third-order valence-electron chi connectivity index (χ3n) is 3.11. The number of nitrogens with one attached hydrogen (secondary N) is 1. The quantitative estimate of drug-likeness (QED) is 0.846. The van der Waals surface area contributed by atoms with Crippen LogP contribution in [-0.4, -0.2) is 65.9 Å². The maximum Gasteiger partial charge on any atom is 0.272 e. The summed E-state index contributed by atoms with van der Waals surface area (Å²) in [7, 11) is 4.02. The maximum absolute atomic E-state index is 12.2. The van der Waals surface area contributed by atoms with Crippen LogP contribution in [0.15, 0.2) is 12.3 Å². The van der Waals surface area contributed by atoms with E-state index in [1.807, 2.05) is 19.0 Å². The number of rotatable bonds is 5. The van der Waals surface area contributed by atoms with E-state index in [9.17, 15) is 4.79 Å². The molecule has 1 N–H and O–H groups in total. The molecule has 1 fully saturated rings. The second kappa shape index (κ2) is 6.47. The lowest BCUT2D eigenvalue weighted by molar-refractivity contribution is 0.0787. The van der Waals surface area contributed by atoms with Crippen LogP contribution in [0.2, 0.25) is 0 Å². The number of carbonyl (C=O) groups is 1. The Labute approximate surface area is 113 Å². The molecule has 2 rings (SSSR count). The van der Waals surface area contributed by atoms with Crippen LogP contribution in [0.3, 0.4) is 0 Å². The molecule has 1 aliphatic heterocycles. The number of anilines is 1. The van der Waals surface area contributed by atoms with Crippen molar-refractivity contribution in [2.45, 2.75) is 12.8 Å². The molecule has 104 valence electrons. The minimum Gasteiger partial charge on any atom is -0.353 e. The van der Waals surface area contributed by atoms with Crippen molar-refractivity contribution in [2.75, 3.05) is 45.6 Å². The Morgan fingerprint density at radius 3 is 2.84 bits per heavy atom. The first kappa shape index (κ1) is 13.7. The third-order valence-corrected chi connectivity index (χ3v) is 3.11. The summed E-state index contributed by atoms with van der Waals surface area (Å²) in [5.74, 6) is 0.530. The largest absolute Gasteiger partial charge is 0.353 e. The van der Waals surface area contributed by atoms with Gasteiger partial charge in [0.25, 0.3) is 5.91 Å². The molecular weight excluding hydrogens is 242 g/mol. The maximum atomic E-state index is 12.2. The summed E-state index contributed by atoms with van der Waals surface area (Å²) in [6.07, 6.45) is 3.81. The van der Waals surface area contributed by atoms with Crippen LogP contribution in [0.25, 0.3) is 0 Å². The lowest BCUT2D eigenvalue weighted by atomic mass is 10.3. The fourth-order valence-corrected chi connectivity index (χ4v) is 2.04. The average molecular weight is 263 g/mol. The number of aromatic nitrogens is 2. The van der Waals surface area contributed by atoms with Gasteiger partial charge in [-0.3, -0.25) is 4.79 Å². The number of carbonyl (C=O) groups excluding carboxylic acids is 1. The predicted molar refractivity (Wildman–Crippen MR) is 74.2 cm³/mol. The molecule has 0 saturated carbocycles. The van der Waals surface area contributed by atoms with Crippen molar-refractivity contribution >= 4 is 11.9 Å². The Morgan fingerprint density at radius 2 is 2.16 bits per heavy atom. The molecule has 1 aromatic heterocycles. The third kappa shape index (κ3) is 3.89. The monoisotopic (exact) mass is 263 g/mol. The number of hydrogen-bond acceptors (Lipinski definition) is 5. The van der Waals surface area contributed by atoms with Crippen LogP contribution in [0.4, 0.5) is 5.95 Å². The van der Waals surface area contributed by atoms with Gasteiger partial charge >= 0.3 is 0 Å². The molecule has 0 aliphatic carbocycles. The fraction of sp³-hybridized carbons (Fsp3) is 0.615. The van der Waals surface area contributed by atoms with Gasteiger partial charge in [-0.2, -0.15) is 0 Å². The van der Waals surface area contributed by atoms with Gasteiger partial charge < -0.3 is 15.1 Å². The average Bonchev–Trinajstić information content (AvgIpc) is 2.91. The second-order valence-corrected chi connectivity index (χ2v) is 4.99. The van der Waals surface area contributed by atoms with Gasteiger partial charge in [-0.05, 0) is 33.0 Å². The van der Waals surface area contributed by atoms with Gasteiger partial charge in [0.05, 0.1) is 0 Å². The summed E-state index contributed by atoms with van der Waals surface area (Å²) in [4.78, 5) is 24.5. The SMILES string of the molecule is CN(C)CCNc1nccc(C(=O)N2CCCC2)n1.